The van der Waals surface area contributed by atoms with Crippen molar-refractivity contribution in [3.63, 3.8) is 0 Å². The van der Waals surface area contributed by atoms with Crippen molar-refractivity contribution in [2.24, 2.45) is 5.92 Å². The Morgan fingerprint density at radius 2 is 1.42 bits per heavy atom. The van der Waals surface area contributed by atoms with Crippen LogP contribution in [0.25, 0.3) is 41.7 Å². The number of carbonyl (C=O) groups is 4. The number of ether oxygens (including phenoxy) is 2. The molecule has 6 aromatic rings. The molecule has 6 heterocycles. The summed E-state index contributed by atoms with van der Waals surface area (Å²) >= 11 is 3.42. The standard InChI is InChI=1S/C43H44N8O6S2/c1-24(2)36(48-42(54)56-3)40(52)50-18-8-13-31(50)39-45-23-29(47-39)33-21-35-34(59-33)20-32(58-35)26-16-14-25(15-17-26)28-22-44-38(46-28)30-12-9-19-51(30)41(53)37(49-43(55)57-4)27-10-6-5-7-11-27/h5-7,9-12,14-17,20-24,30-31,36-37H,8,13,18-19H2,1-4H3,(H,44,46)(H,45,47)(H,48,54)(H,49,55)/t30-,31-,36-,37?/m0/s1. The van der Waals surface area contributed by atoms with E-state index in [2.05, 4.69) is 62.0 Å². The van der Waals surface area contributed by atoms with Crippen LogP contribution in [0.4, 0.5) is 9.59 Å². The number of imidazole rings is 2. The Morgan fingerprint density at radius 3 is 2.15 bits per heavy atom. The molecule has 1 unspecified atom stereocenters. The summed E-state index contributed by atoms with van der Waals surface area (Å²) in [6, 6.07) is 19.6. The van der Waals surface area contributed by atoms with Crippen LogP contribution in [-0.2, 0) is 19.1 Å². The second-order valence-electron chi connectivity index (χ2n) is 14.8. The van der Waals surface area contributed by atoms with Crippen LogP contribution < -0.4 is 10.6 Å². The lowest BCUT2D eigenvalue weighted by molar-refractivity contribution is -0.135. The fourth-order valence-electron chi connectivity index (χ4n) is 7.64. The number of fused-ring (bicyclic) bond motifs is 1. The van der Waals surface area contributed by atoms with Crippen molar-refractivity contribution in [2.75, 3.05) is 27.3 Å². The predicted molar refractivity (Wildman–Crippen MR) is 226 cm³/mol. The van der Waals surface area contributed by atoms with Gasteiger partial charge in [-0.3, -0.25) is 9.59 Å². The Labute approximate surface area is 348 Å². The fourth-order valence-corrected chi connectivity index (χ4v) is 10.0. The van der Waals surface area contributed by atoms with E-state index in [4.69, 9.17) is 14.5 Å². The molecule has 0 spiro atoms. The van der Waals surface area contributed by atoms with Crippen LogP contribution in [0.15, 0.2) is 91.3 Å². The molecular weight excluding hydrogens is 789 g/mol. The summed E-state index contributed by atoms with van der Waals surface area (Å²) in [5.74, 6) is 0.851. The number of amides is 4. The summed E-state index contributed by atoms with van der Waals surface area (Å²) < 4.78 is 11.9. The van der Waals surface area contributed by atoms with Crippen LogP contribution in [0.3, 0.4) is 0 Å². The van der Waals surface area contributed by atoms with Gasteiger partial charge in [0.2, 0.25) is 5.91 Å². The summed E-state index contributed by atoms with van der Waals surface area (Å²) in [5.41, 5.74) is 4.44. The maximum atomic E-state index is 13.9. The third-order valence-corrected chi connectivity index (χ3v) is 13.1. The van der Waals surface area contributed by atoms with Crippen molar-refractivity contribution in [3.05, 3.63) is 108 Å². The second kappa shape index (κ2) is 16.9. The van der Waals surface area contributed by atoms with Crippen LogP contribution in [0.5, 0.6) is 0 Å². The van der Waals surface area contributed by atoms with Gasteiger partial charge in [0.05, 0.1) is 48.9 Å². The van der Waals surface area contributed by atoms with E-state index in [1.807, 2.05) is 55.3 Å². The number of hydrogen-bond acceptors (Lipinski definition) is 10. The summed E-state index contributed by atoms with van der Waals surface area (Å²) in [5, 5.41) is 5.39. The maximum Gasteiger partial charge on any atom is 0.407 e. The summed E-state index contributed by atoms with van der Waals surface area (Å²) in [4.78, 5) is 73.6. The van der Waals surface area contributed by atoms with Gasteiger partial charge in [-0.1, -0.05) is 80.6 Å². The molecule has 16 heteroatoms. The van der Waals surface area contributed by atoms with Gasteiger partial charge in [0, 0.05) is 27.4 Å². The van der Waals surface area contributed by atoms with Gasteiger partial charge in [-0.15, -0.1) is 22.7 Å². The molecule has 1 fully saturated rings. The number of nitrogens with zero attached hydrogens (tertiary/aromatic N) is 4. The molecule has 0 radical (unpaired) electrons. The Balaban J connectivity index is 0.937. The molecule has 4 aromatic heterocycles. The highest BCUT2D eigenvalue weighted by molar-refractivity contribution is 7.31. The first-order valence-electron chi connectivity index (χ1n) is 19.4. The molecule has 4 amide bonds. The minimum atomic E-state index is -0.917. The third kappa shape index (κ3) is 8.10. The Bertz CT molecular complexity index is 2470. The number of likely N-dealkylation sites (tertiary alicyclic amines) is 1. The largest absolute Gasteiger partial charge is 0.453 e. The number of thiophene rings is 2. The minimum absolute atomic E-state index is 0.104. The van der Waals surface area contributed by atoms with Crippen LogP contribution in [-0.4, -0.2) is 87.1 Å². The summed E-state index contributed by atoms with van der Waals surface area (Å²) in [6.07, 6.45) is 7.80. The van der Waals surface area contributed by atoms with E-state index < -0.39 is 30.3 Å². The number of hydrogen-bond donors (Lipinski definition) is 4. The molecule has 4 atom stereocenters. The zero-order valence-electron chi connectivity index (χ0n) is 32.9. The summed E-state index contributed by atoms with van der Waals surface area (Å²) in [6.45, 7) is 4.78. The van der Waals surface area contributed by atoms with E-state index in [-0.39, 0.29) is 23.8 Å². The molecule has 1 saturated heterocycles. The molecule has 0 bridgehead atoms. The van der Waals surface area contributed by atoms with E-state index in [0.717, 1.165) is 50.9 Å². The predicted octanol–water partition coefficient (Wildman–Crippen LogP) is 7.99. The van der Waals surface area contributed by atoms with Crippen molar-refractivity contribution in [1.82, 2.24) is 40.4 Å². The minimum Gasteiger partial charge on any atom is -0.453 e. The van der Waals surface area contributed by atoms with E-state index in [9.17, 15) is 19.2 Å². The highest BCUT2D eigenvalue weighted by Gasteiger charge is 2.38. The third-order valence-electron chi connectivity index (χ3n) is 10.7. The number of aromatic amines is 2. The first-order chi connectivity index (χ1) is 28.6. The first kappa shape index (κ1) is 39.6. The maximum absolute atomic E-state index is 13.9. The molecule has 304 valence electrons. The first-order valence-corrected chi connectivity index (χ1v) is 21.0. The second-order valence-corrected chi connectivity index (χ2v) is 16.9. The highest BCUT2D eigenvalue weighted by Crippen LogP contribution is 2.42. The van der Waals surface area contributed by atoms with Crippen molar-refractivity contribution in [1.29, 1.82) is 0 Å². The van der Waals surface area contributed by atoms with Crippen LogP contribution >= 0.6 is 22.7 Å². The molecule has 0 saturated carbocycles. The normalized spacial score (nSPS) is 17.4. The Kier molecular flexibility index (Phi) is 11.3. The molecule has 8 rings (SSSR count). The Hall–Kier alpha value is -6.26. The number of aromatic nitrogens is 4. The lowest BCUT2D eigenvalue weighted by atomic mass is 10.0. The molecule has 2 aliphatic heterocycles. The zero-order chi connectivity index (χ0) is 41.2. The fraction of sp³-hybridized carbons (Fsp3) is 0.302. The zero-order valence-corrected chi connectivity index (χ0v) is 34.6. The van der Waals surface area contributed by atoms with Crippen LogP contribution in [0.1, 0.15) is 62.0 Å². The molecule has 2 aliphatic rings. The van der Waals surface area contributed by atoms with Gasteiger partial charge in [0.25, 0.3) is 5.91 Å². The number of nitrogens with one attached hydrogen (secondary N) is 4. The molecule has 4 N–H and O–H groups in total. The van der Waals surface area contributed by atoms with E-state index in [1.54, 1.807) is 45.9 Å². The van der Waals surface area contributed by atoms with Gasteiger partial charge >= 0.3 is 12.2 Å². The van der Waals surface area contributed by atoms with Crippen molar-refractivity contribution in [3.8, 4) is 32.3 Å². The van der Waals surface area contributed by atoms with Gasteiger partial charge in [-0.05, 0) is 47.6 Å². The Morgan fingerprint density at radius 1 is 0.780 bits per heavy atom. The SMILES string of the molecule is COC(=O)NC(C(=O)N1CC=C[C@H]1c1ncc(-c2ccc(-c3cc4sc(-c5cnc([C@@H]6CCCN6C(=O)[C@@H](NC(=O)OC)C(C)C)[nH]5)cc4s3)cc2)[nH]1)c1ccccc1. The van der Waals surface area contributed by atoms with Gasteiger partial charge in [0.1, 0.15) is 29.8 Å². The number of alkyl carbamates (subject to hydrolysis) is 2. The molecular formula is C43H44N8O6S2. The lowest BCUT2D eigenvalue weighted by Crippen LogP contribution is -2.51. The number of carbonyl (C=O) groups excluding carboxylic acids is 4. The van der Waals surface area contributed by atoms with Gasteiger partial charge in [-0.25, -0.2) is 19.6 Å². The van der Waals surface area contributed by atoms with Gasteiger partial charge < -0.3 is 39.9 Å². The average Bonchev–Trinajstić information content (AvgIpc) is 4.10. The monoisotopic (exact) mass is 832 g/mol. The van der Waals surface area contributed by atoms with E-state index >= 15 is 0 Å². The molecule has 14 nitrogen and oxygen atoms in total. The van der Waals surface area contributed by atoms with Crippen molar-refractivity contribution in [2.45, 2.75) is 50.9 Å². The lowest BCUT2D eigenvalue weighted by Gasteiger charge is -2.30. The van der Waals surface area contributed by atoms with Crippen molar-refractivity contribution < 1.29 is 28.7 Å². The summed E-state index contributed by atoms with van der Waals surface area (Å²) in [7, 11) is 2.56. The number of methoxy groups -OCH3 is 2. The highest BCUT2D eigenvalue weighted by atomic mass is 32.1. The average molecular weight is 833 g/mol. The number of benzene rings is 2. The topological polar surface area (TPSA) is 175 Å². The molecule has 2 aromatic carbocycles. The quantitative estimate of drug-likeness (QED) is 0.0951. The van der Waals surface area contributed by atoms with Crippen LogP contribution in [0.2, 0.25) is 0 Å². The van der Waals surface area contributed by atoms with E-state index in [0.29, 0.717) is 24.5 Å². The van der Waals surface area contributed by atoms with Crippen LogP contribution in [0, 0.1) is 5.92 Å². The van der Waals surface area contributed by atoms with Gasteiger partial charge in [-0.2, -0.15) is 0 Å². The smallest absolute Gasteiger partial charge is 0.407 e. The van der Waals surface area contributed by atoms with Crippen molar-refractivity contribution >= 4 is 56.1 Å². The molecule has 0 aliphatic carbocycles. The number of H-pyrrole nitrogens is 2. The number of rotatable bonds is 11. The molecule has 59 heavy (non-hydrogen) atoms. The van der Waals surface area contributed by atoms with E-state index in [1.165, 1.54) is 23.6 Å². The van der Waals surface area contributed by atoms with Gasteiger partial charge in [0.15, 0.2) is 0 Å².